The van der Waals surface area contributed by atoms with Crippen LogP contribution in [-0.4, -0.2) is 44.5 Å². The highest BCUT2D eigenvalue weighted by Crippen LogP contribution is 2.21. The summed E-state index contributed by atoms with van der Waals surface area (Å²) in [6.45, 7) is 9.28. The minimum atomic E-state index is -0.0587. The Kier molecular flexibility index (Phi) is 3.98. The third-order valence-corrected chi connectivity index (χ3v) is 3.75. The molecule has 1 aliphatic heterocycles. The zero-order valence-electron chi connectivity index (χ0n) is 12.8. The first kappa shape index (κ1) is 14.2. The molecule has 0 unspecified atom stereocenters. The highest BCUT2D eigenvalue weighted by Gasteiger charge is 2.25. The smallest absolute Gasteiger partial charge is 0.158 e. The molecule has 0 aromatic carbocycles. The van der Waals surface area contributed by atoms with Crippen LogP contribution in [0.1, 0.15) is 34.7 Å². The van der Waals surface area contributed by atoms with Gasteiger partial charge in [-0.2, -0.15) is 0 Å². The van der Waals surface area contributed by atoms with Crippen molar-refractivity contribution in [3.63, 3.8) is 0 Å². The Balaban J connectivity index is 1.72. The lowest BCUT2D eigenvalue weighted by atomic mass is 10.2. The van der Waals surface area contributed by atoms with Crippen molar-refractivity contribution in [3.05, 3.63) is 41.0 Å². The normalized spacial score (nSPS) is 19.9. The van der Waals surface area contributed by atoms with Gasteiger partial charge in [-0.15, -0.1) is 0 Å². The minimum Gasteiger partial charge on any atom is -0.368 e. The van der Waals surface area contributed by atoms with Crippen LogP contribution in [0, 0.1) is 20.8 Å². The number of aromatic nitrogens is 4. The molecule has 0 amide bonds. The van der Waals surface area contributed by atoms with Gasteiger partial charge in [-0.3, -0.25) is 4.90 Å². The second kappa shape index (κ2) is 5.91. The van der Waals surface area contributed by atoms with Gasteiger partial charge in [0.2, 0.25) is 0 Å². The van der Waals surface area contributed by atoms with E-state index in [-0.39, 0.29) is 6.10 Å². The van der Waals surface area contributed by atoms with Gasteiger partial charge in [0, 0.05) is 36.7 Å². The van der Waals surface area contributed by atoms with Gasteiger partial charge < -0.3 is 9.72 Å². The minimum absolute atomic E-state index is 0.0587. The number of nitrogens with zero attached hydrogens (tertiary/aromatic N) is 4. The summed E-state index contributed by atoms with van der Waals surface area (Å²) in [5, 5.41) is 0. The number of morpholine rings is 1. The van der Waals surface area contributed by atoms with Crippen molar-refractivity contribution in [2.75, 3.05) is 19.7 Å². The lowest BCUT2D eigenvalue weighted by molar-refractivity contribution is -0.0377. The van der Waals surface area contributed by atoms with Crippen molar-refractivity contribution in [2.24, 2.45) is 0 Å². The molecule has 2 aromatic rings. The molecule has 1 aliphatic rings. The second-order valence-electron chi connectivity index (χ2n) is 5.58. The van der Waals surface area contributed by atoms with Crippen LogP contribution in [0.25, 0.3) is 0 Å². The lowest BCUT2D eigenvalue weighted by Gasteiger charge is -2.31. The Bertz CT molecular complexity index is 604. The summed E-state index contributed by atoms with van der Waals surface area (Å²) in [7, 11) is 0. The van der Waals surface area contributed by atoms with Gasteiger partial charge in [0.1, 0.15) is 6.10 Å². The molecule has 0 bridgehead atoms. The highest BCUT2D eigenvalue weighted by molar-refractivity contribution is 5.11. The van der Waals surface area contributed by atoms with E-state index in [0.29, 0.717) is 6.61 Å². The van der Waals surface area contributed by atoms with Crippen LogP contribution in [-0.2, 0) is 11.3 Å². The Hall–Kier alpha value is -1.79. The van der Waals surface area contributed by atoms with Crippen molar-refractivity contribution in [2.45, 2.75) is 33.4 Å². The Morgan fingerprint density at radius 3 is 2.71 bits per heavy atom. The number of nitrogens with one attached hydrogen (secondary N) is 1. The number of aryl methyl sites for hydroxylation is 3. The molecule has 112 valence electrons. The zero-order valence-corrected chi connectivity index (χ0v) is 12.8. The van der Waals surface area contributed by atoms with Crippen LogP contribution in [0.3, 0.4) is 0 Å². The number of imidazole rings is 1. The third kappa shape index (κ3) is 3.28. The van der Waals surface area contributed by atoms with Crippen molar-refractivity contribution in [1.82, 2.24) is 24.8 Å². The molecule has 3 heterocycles. The summed E-state index contributed by atoms with van der Waals surface area (Å²) in [5.74, 6) is 0.788. The molecule has 2 aromatic heterocycles. The van der Waals surface area contributed by atoms with Gasteiger partial charge >= 0.3 is 0 Å². The van der Waals surface area contributed by atoms with E-state index in [1.165, 1.54) is 0 Å². The van der Waals surface area contributed by atoms with Crippen LogP contribution >= 0.6 is 0 Å². The fraction of sp³-hybridized carbons (Fsp3) is 0.533. The summed E-state index contributed by atoms with van der Waals surface area (Å²) in [4.78, 5) is 18.9. The molecular formula is C15H21N5O. The van der Waals surface area contributed by atoms with E-state index in [2.05, 4.69) is 24.8 Å². The Morgan fingerprint density at radius 2 is 2.05 bits per heavy atom. The molecule has 0 saturated carbocycles. The standard InChI is InChI=1S/C15H21N5O/c1-10-6-11(2)19-15(18-10)14-8-20(4-5-21-14)7-13-12(3)16-9-17-13/h6,9,14H,4-5,7-8H2,1-3H3,(H,16,17)/t14-/m1/s1. The van der Waals surface area contributed by atoms with Crippen molar-refractivity contribution in [3.8, 4) is 0 Å². The predicted molar refractivity (Wildman–Crippen MR) is 78.8 cm³/mol. The number of hydrogen-bond donors (Lipinski definition) is 1. The average molecular weight is 287 g/mol. The molecule has 1 atom stereocenters. The maximum atomic E-state index is 5.86. The van der Waals surface area contributed by atoms with E-state index in [1.807, 2.05) is 26.8 Å². The van der Waals surface area contributed by atoms with Crippen molar-refractivity contribution < 1.29 is 4.74 Å². The summed E-state index contributed by atoms with van der Waals surface area (Å²) < 4.78 is 5.86. The molecule has 0 aliphatic carbocycles. The SMILES string of the molecule is Cc1cc(C)nc([C@H]2CN(Cc3nc[nH]c3C)CCO2)n1. The molecule has 1 N–H and O–H groups in total. The van der Waals surface area contributed by atoms with Crippen molar-refractivity contribution >= 4 is 0 Å². The predicted octanol–water partition coefficient (Wildman–Crippen LogP) is 1.70. The van der Waals surface area contributed by atoms with Crippen molar-refractivity contribution in [1.29, 1.82) is 0 Å². The van der Waals surface area contributed by atoms with Gasteiger partial charge in [0.25, 0.3) is 0 Å². The number of aromatic amines is 1. The maximum Gasteiger partial charge on any atom is 0.158 e. The van der Waals surface area contributed by atoms with E-state index >= 15 is 0 Å². The Morgan fingerprint density at radius 1 is 1.29 bits per heavy atom. The van der Waals surface area contributed by atoms with E-state index in [4.69, 9.17) is 4.74 Å². The summed E-state index contributed by atoms with van der Waals surface area (Å²) in [6, 6.07) is 1.98. The number of rotatable bonds is 3. The van der Waals surface area contributed by atoms with Gasteiger partial charge in [-0.05, 0) is 26.8 Å². The van der Waals surface area contributed by atoms with Gasteiger partial charge in [0.15, 0.2) is 5.82 Å². The first-order valence-corrected chi connectivity index (χ1v) is 7.27. The quantitative estimate of drug-likeness (QED) is 0.930. The van der Waals surface area contributed by atoms with E-state index in [1.54, 1.807) is 6.33 Å². The first-order valence-electron chi connectivity index (χ1n) is 7.27. The average Bonchev–Trinajstić information content (AvgIpc) is 2.84. The zero-order chi connectivity index (χ0) is 14.8. The molecule has 0 radical (unpaired) electrons. The number of ether oxygens (including phenoxy) is 1. The summed E-state index contributed by atoms with van der Waals surface area (Å²) in [5.41, 5.74) is 4.19. The van der Waals surface area contributed by atoms with E-state index in [9.17, 15) is 0 Å². The fourth-order valence-electron chi connectivity index (χ4n) is 2.66. The van der Waals surface area contributed by atoms with Crippen LogP contribution in [0.5, 0.6) is 0 Å². The second-order valence-corrected chi connectivity index (χ2v) is 5.58. The van der Waals surface area contributed by atoms with Gasteiger partial charge in [-0.25, -0.2) is 15.0 Å². The van der Waals surface area contributed by atoms with Crippen LogP contribution < -0.4 is 0 Å². The largest absolute Gasteiger partial charge is 0.368 e. The highest BCUT2D eigenvalue weighted by atomic mass is 16.5. The molecule has 1 saturated heterocycles. The molecule has 3 rings (SSSR count). The molecule has 1 fully saturated rings. The molecule has 6 nitrogen and oxygen atoms in total. The topological polar surface area (TPSA) is 66.9 Å². The number of H-pyrrole nitrogens is 1. The van der Waals surface area contributed by atoms with E-state index in [0.717, 1.165) is 48.2 Å². The monoisotopic (exact) mass is 287 g/mol. The van der Waals surface area contributed by atoms with Gasteiger partial charge in [-0.1, -0.05) is 0 Å². The third-order valence-electron chi connectivity index (χ3n) is 3.75. The number of hydrogen-bond acceptors (Lipinski definition) is 5. The summed E-state index contributed by atoms with van der Waals surface area (Å²) in [6.07, 6.45) is 1.69. The fourth-order valence-corrected chi connectivity index (χ4v) is 2.66. The van der Waals surface area contributed by atoms with E-state index < -0.39 is 0 Å². The van der Waals surface area contributed by atoms with Gasteiger partial charge in [0.05, 0.1) is 18.6 Å². The van der Waals surface area contributed by atoms with Crippen LogP contribution in [0.15, 0.2) is 12.4 Å². The first-order chi connectivity index (χ1) is 10.1. The Labute approximate surface area is 124 Å². The molecule has 21 heavy (non-hydrogen) atoms. The molecule has 6 heteroatoms. The summed E-state index contributed by atoms with van der Waals surface area (Å²) >= 11 is 0. The molecule has 0 spiro atoms. The maximum absolute atomic E-state index is 5.86. The lowest BCUT2D eigenvalue weighted by Crippen LogP contribution is -2.38. The van der Waals surface area contributed by atoms with Crippen LogP contribution in [0.4, 0.5) is 0 Å². The molecular weight excluding hydrogens is 266 g/mol. The van der Waals surface area contributed by atoms with Crippen LogP contribution in [0.2, 0.25) is 0 Å².